The van der Waals surface area contributed by atoms with E-state index < -0.39 is 5.97 Å². The van der Waals surface area contributed by atoms with Gasteiger partial charge in [0.1, 0.15) is 24.2 Å². The topological polar surface area (TPSA) is 88.1 Å². The summed E-state index contributed by atoms with van der Waals surface area (Å²) in [5.41, 5.74) is 3.19. The number of hydrogen-bond donors (Lipinski definition) is 1. The van der Waals surface area contributed by atoms with Crippen molar-refractivity contribution in [1.82, 2.24) is 9.55 Å². The van der Waals surface area contributed by atoms with Crippen molar-refractivity contribution in [1.29, 1.82) is 5.26 Å². The number of carboxylic acid groups (broad SMARTS) is 1. The van der Waals surface area contributed by atoms with Crippen LogP contribution in [0.4, 0.5) is 0 Å². The highest BCUT2D eigenvalue weighted by molar-refractivity contribution is 5.88. The quantitative estimate of drug-likeness (QED) is 0.512. The van der Waals surface area contributed by atoms with Gasteiger partial charge < -0.3 is 14.4 Å². The van der Waals surface area contributed by atoms with E-state index in [1.54, 1.807) is 17.0 Å². The first-order chi connectivity index (χ1) is 14.6. The number of carboxylic acids is 1. The maximum absolute atomic E-state index is 11.2. The van der Waals surface area contributed by atoms with Crippen molar-refractivity contribution < 1.29 is 14.6 Å². The molecule has 0 aliphatic rings. The number of hydrogen-bond acceptors (Lipinski definition) is 4. The third-order valence-corrected chi connectivity index (χ3v) is 4.60. The van der Waals surface area contributed by atoms with E-state index >= 15 is 0 Å². The molecule has 30 heavy (non-hydrogen) atoms. The largest absolute Gasteiger partial charge is 0.489 e. The van der Waals surface area contributed by atoms with Gasteiger partial charge >= 0.3 is 5.97 Å². The first-order valence-electron chi connectivity index (χ1n) is 9.23. The summed E-state index contributed by atoms with van der Waals surface area (Å²) in [6.45, 7) is 0.447. The van der Waals surface area contributed by atoms with E-state index in [1.165, 1.54) is 18.3 Å². The molecule has 0 unspecified atom stereocenters. The van der Waals surface area contributed by atoms with Crippen LogP contribution in [-0.4, -0.2) is 20.6 Å². The maximum Gasteiger partial charge on any atom is 0.335 e. The van der Waals surface area contributed by atoms with Gasteiger partial charge in [-0.1, -0.05) is 42.5 Å². The maximum atomic E-state index is 11.2. The molecular formula is C24H17N3O3. The number of pyridine rings is 1. The van der Waals surface area contributed by atoms with Crippen LogP contribution in [0.15, 0.2) is 85.3 Å². The summed E-state index contributed by atoms with van der Waals surface area (Å²) in [5, 5.41) is 18.8. The molecule has 1 N–H and O–H groups in total. The molecule has 6 heteroatoms. The van der Waals surface area contributed by atoms with Crippen molar-refractivity contribution >= 4 is 5.97 Å². The van der Waals surface area contributed by atoms with Crippen LogP contribution in [0.1, 0.15) is 21.5 Å². The molecule has 0 aliphatic heterocycles. The average molecular weight is 395 g/mol. The number of nitrogens with zero attached hydrogens (tertiary/aromatic N) is 3. The Labute approximate surface area is 173 Å². The summed E-state index contributed by atoms with van der Waals surface area (Å²) in [5.74, 6) is 0.0860. The Morgan fingerprint density at radius 3 is 2.67 bits per heavy atom. The smallest absolute Gasteiger partial charge is 0.335 e. The second-order valence-electron chi connectivity index (χ2n) is 6.61. The normalized spacial score (nSPS) is 10.4. The third-order valence-electron chi connectivity index (χ3n) is 4.60. The lowest BCUT2D eigenvalue weighted by Crippen LogP contribution is -2.00. The molecule has 0 saturated heterocycles. The molecule has 0 atom stereocenters. The molecule has 2 aromatic heterocycles. The number of aromatic carboxylic acids is 1. The highest BCUT2D eigenvalue weighted by Crippen LogP contribution is 2.29. The molecule has 4 aromatic rings. The van der Waals surface area contributed by atoms with Gasteiger partial charge in [-0.2, -0.15) is 5.26 Å². The van der Waals surface area contributed by atoms with E-state index in [-0.39, 0.29) is 5.56 Å². The predicted octanol–water partition coefficient (Wildman–Crippen LogP) is 4.69. The van der Waals surface area contributed by atoms with Gasteiger partial charge in [0.25, 0.3) is 0 Å². The van der Waals surface area contributed by atoms with Crippen LogP contribution in [0, 0.1) is 11.3 Å². The van der Waals surface area contributed by atoms with Crippen LogP contribution in [0.5, 0.6) is 5.75 Å². The number of rotatable bonds is 6. The first-order valence-corrected chi connectivity index (χ1v) is 9.23. The van der Waals surface area contributed by atoms with Crippen LogP contribution >= 0.6 is 0 Å². The molecule has 146 valence electrons. The van der Waals surface area contributed by atoms with E-state index in [1.807, 2.05) is 54.6 Å². The second-order valence-corrected chi connectivity index (χ2v) is 6.61. The van der Waals surface area contributed by atoms with Crippen LogP contribution in [0.25, 0.3) is 16.9 Å². The van der Waals surface area contributed by atoms with E-state index in [2.05, 4.69) is 11.1 Å². The van der Waals surface area contributed by atoms with Crippen LogP contribution < -0.4 is 4.74 Å². The summed E-state index contributed by atoms with van der Waals surface area (Å²) in [4.78, 5) is 15.5. The lowest BCUT2D eigenvalue weighted by atomic mass is 10.1. The van der Waals surface area contributed by atoms with Crippen molar-refractivity contribution in [3.05, 3.63) is 102 Å². The van der Waals surface area contributed by atoms with E-state index in [0.29, 0.717) is 29.3 Å². The molecule has 4 rings (SSSR count). The Morgan fingerprint density at radius 2 is 1.90 bits per heavy atom. The highest BCUT2D eigenvalue weighted by atomic mass is 16.5. The molecule has 2 heterocycles. The standard InChI is InChI=1S/C24H17N3O3/c25-13-20-14-27(23-12-19(24(28)29)9-10-26-23)15-22(20)18-7-4-8-21(11-18)30-16-17-5-2-1-3-6-17/h1-12,14-15H,16H2,(H,28,29). The van der Waals surface area contributed by atoms with Gasteiger partial charge in [-0.05, 0) is 35.4 Å². The first kappa shape index (κ1) is 19.0. The van der Waals surface area contributed by atoms with Gasteiger partial charge in [-0.25, -0.2) is 9.78 Å². The Bertz CT molecular complexity index is 1240. The van der Waals surface area contributed by atoms with E-state index in [9.17, 15) is 15.2 Å². The van der Waals surface area contributed by atoms with E-state index in [4.69, 9.17) is 4.74 Å². The summed E-state index contributed by atoms with van der Waals surface area (Å²) in [7, 11) is 0. The second kappa shape index (κ2) is 8.33. The molecular weight excluding hydrogens is 378 g/mol. The molecule has 0 fully saturated rings. The summed E-state index contributed by atoms with van der Waals surface area (Å²) < 4.78 is 7.54. The fraction of sp³-hybridized carbons (Fsp3) is 0.0417. The van der Waals surface area contributed by atoms with Crippen molar-refractivity contribution in [3.63, 3.8) is 0 Å². The van der Waals surface area contributed by atoms with Gasteiger partial charge in [0.05, 0.1) is 11.1 Å². The molecule has 0 saturated carbocycles. The lowest BCUT2D eigenvalue weighted by molar-refractivity contribution is 0.0696. The number of ether oxygens (including phenoxy) is 1. The van der Waals surface area contributed by atoms with Crippen molar-refractivity contribution in [3.8, 4) is 28.8 Å². The minimum absolute atomic E-state index is 0.130. The van der Waals surface area contributed by atoms with Crippen molar-refractivity contribution in [2.24, 2.45) is 0 Å². The van der Waals surface area contributed by atoms with Crippen LogP contribution in [0.3, 0.4) is 0 Å². The fourth-order valence-electron chi connectivity index (χ4n) is 3.09. The third kappa shape index (κ3) is 4.05. The average Bonchev–Trinajstić information content (AvgIpc) is 3.23. The van der Waals surface area contributed by atoms with Crippen molar-refractivity contribution in [2.75, 3.05) is 0 Å². The van der Waals surface area contributed by atoms with E-state index in [0.717, 1.165) is 11.1 Å². The number of nitriles is 1. The van der Waals surface area contributed by atoms with Gasteiger partial charge in [0.15, 0.2) is 0 Å². The lowest BCUT2D eigenvalue weighted by Gasteiger charge is -2.08. The SMILES string of the molecule is N#Cc1cn(-c2cc(C(=O)O)ccn2)cc1-c1cccc(OCc2ccccc2)c1. The Hall–Kier alpha value is -4.37. The predicted molar refractivity (Wildman–Crippen MR) is 111 cm³/mol. The summed E-state index contributed by atoms with van der Waals surface area (Å²) in [6.07, 6.45) is 4.84. The number of aromatic nitrogens is 2. The number of benzene rings is 2. The molecule has 6 nitrogen and oxygen atoms in total. The molecule has 2 aromatic carbocycles. The minimum atomic E-state index is -1.03. The summed E-state index contributed by atoms with van der Waals surface area (Å²) >= 11 is 0. The van der Waals surface area contributed by atoms with Gasteiger partial charge in [0, 0.05) is 24.2 Å². The zero-order valence-electron chi connectivity index (χ0n) is 15.9. The zero-order chi connectivity index (χ0) is 20.9. The fourth-order valence-corrected chi connectivity index (χ4v) is 3.09. The highest BCUT2D eigenvalue weighted by Gasteiger charge is 2.13. The minimum Gasteiger partial charge on any atom is -0.489 e. The number of carbonyl (C=O) groups is 1. The monoisotopic (exact) mass is 395 g/mol. The molecule has 0 aliphatic carbocycles. The molecule has 0 amide bonds. The van der Waals surface area contributed by atoms with Crippen molar-refractivity contribution in [2.45, 2.75) is 6.61 Å². The van der Waals surface area contributed by atoms with Gasteiger partial charge in [0.2, 0.25) is 0 Å². The molecule has 0 radical (unpaired) electrons. The zero-order valence-corrected chi connectivity index (χ0v) is 15.9. The van der Waals surface area contributed by atoms with Crippen LogP contribution in [-0.2, 0) is 6.61 Å². The Balaban J connectivity index is 1.64. The van der Waals surface area contributed by atoms with Crippen LogP contribution in [0.2, 0.25) is 0 Å². The molecule has 0 bridgehead atoms. The van der Waals surface area contributed by atoms with Gasteiger partial charge in [-0.3, -0.25) is 0 Å². The summed E-state index contributed by atoms with van der Waals surface area (Å²) in [6, 6.07) is 22.5. The Kier molecular flexibility index (Phi) is 5.27. The Morgan fingerprint density at radius 1 is 1.07 bits per heavy atom. The molecule has 0 spiro atoms. The van der Waals surface area contributed by atoms with Gasteiger partial charge in [-0.15, -0.1) is 0 Å².